The van der Waals surface area contributed by atoms with Crippen LogP contribution in [0.1, 0.15) is 5.56 Å². The van der Waals surface area contributed by atoms with Crippen molar-refractivity contribution in [2.24, 2.45) is 4.99 Å². The summed E-state index contributed by atoms with van der Waals surface area (Å²) in [4.78, 5) is 4.87. The first-order chi connectivity index (χ1) is 6.38. The molecule has 0 fully saturated rings. The van der Waals surface area contributed by atoms with Gasteiger partial charge in [-0.25, -0.2) is 0 Å². The number of hydrogen-bond donors (Lipinski definition) is 0. The Morgan fingerprint density at radius 1 is 1.31 bits per heavy atom. The Balaban J connectivity index is 2.55. The maximum atomic E-state index is 11.6. The van der Waals surface area contributed by atoms with Gasteiger partial charge in [0, 0.05) is 17.3 Å². The van der Waals surface area contributed by atoms with Crippen molar-refractivity contribution >= 4 is 23.1 Å². The normalized spacial score (nSPS) is 20.5. The van der Waals surface area contributed by atoms with Crippen molar-refractivity contribution in [3.63, 3.8) is 0 Å². The predicted octanol–water partition coefficient (Wildman–Crippen LogP) is 1.85. The van der Waals surface area contributed by atoms with Crippen LogP contribution in [-0.2, 0) is 10.8 Å². The number of nitrogens with zero attached hydrogens (tertiary/aromatic N) is 1. The van der Waals surface area contributed by atoms with Crippen molar-refractivity contribution in [2.45, 2.75) is 4.90 Å². The fraction of sp³-hybridized carbons (Fsp3) is 0.100. The van der Waals surface area contributed by atoms with Gasteiger partial charge >= 0.3 is 0 Å². The van der Waals surface area contributed by atoms with Gasteiger partial charge in [0.25, 0.3) is 0 Å². The van der Waals surface area contributed by atoms with Gasteiger partial charge in [-0.3, -0.25) is 9.20 Å². The molecule has 0 saturated carbocycles. The number of fused-ring (bicyclic) bond motifs is 1. The third-order valence-corrected chi connectivity index (χ3v) is 3.15. The minimum atomic E-state index is -0.944. The molecule has 0 saturated heterocycles. The molecule has 1 aliphatic heterocycles. The smallest absolute Gasteiger partial charge is 0.0636 e. The van der Waals surface area contributed by atoms with Crippen molar-refractivity contribution in [3.8, 4) is 0 Å². The second-order valence-electron chi connectivity index (χ2n) is 2.70. The van der Waals surface area contributed by atoms with Crippen molar-refractivity contribution in [1.29, 1.82) is 0 Å². The molecule has 0 N–H and O–H groups in total. The summed E-state index contributed by atoms with van der Waals surface area (Å²) < 4.78 is 11.6. The van der Waals surface area contributed by atoms with E-state index in [1.165, 1.54) is 0 Å². The highest BCUT2D eigenvalue weighted by atomic mass is 32.2. The van der Waals surface area contributed by atoms with E-state index in [2.05, 4.69) is 4.99 Å². The van der Waals surface area contributed by atoms with E-state index < -0.39 is 10.8 Å². The topological polar surface area (TPSA) is 29.4 Å². The second kappa shape index (κ2) is 3.66. The molecule has 0 bridgehead atoms. The maximum Gasteiger partial charge on any atom is 0.0636 e. The number of aliphatic imine (C=N–C) groups is 1. The summed E-state index contributed by atoms with van der Waals surface area (Å²) >= 11 is 0. The molecule has 2 rings (SSSR count). The molecule has 3 heteroatoms. The highest BCUT2D eigenvalue weighted by Crippen LogP contribution is 2.16. The molecule has 1 aromatic carbocycles. The molecule has 0 spiro atoms. The monoisotopic (exact) mass is 191 g/mol. The van der Waals surface area contributed by atoms with Gasteiger partial charge < -0.3 is 0 Å². The lowest BCUT2D eigenvalue weighted by atomic mass is 10.2. The van der Waals surface area contributed by atoms with E-state index in [0.29, 0.717) is 5.75 Å². The minimum Gasteiger partial charge on any atom is -0.268 e. The lowest BCUT2D eigenvalue weighted by Crippen LogP contribution is -2.02. The van der Waals surface area contributed by atoms with Crippen LogP contribution in [0, 0.1) is 0 Å². The summed E-state index contributed by atoms with van der Waals surface area (Å²) in [5.41, 5.74) is 0.998. The molecule has 0 aliphatic carbocycles. The van der Waals surface area contributed by atoms with Gasteiger partial charge in [0.15, 0.2) is 0 Å². The Morgan fingerprint density at radius 2 is 2.15 bits per heavy atom. The number of rotatable bonds is 0. The molecule has 1 aromatic rings. The van der Waals surface area contributed by atoms with E-state index in [9.17, 15) is 4.21 Å². The third-order valence-electron chi connectivity index (χ3n) is 1.84. The van der Waals surface area contributed by atoms with Crippen LogP contribution in [0.2, 0.25) is 0 Å². The summed E-state index contributed by atoms with van der Waals surface area (Å²) in [5, 5.41) is 0. The average molecular weight is 191 g/mol. The van der Waals surface area contributed by atoms with Crippen LogP contribution in [0.25, 0.3) is 6.08 Å². The molecule has 1 heterocycles. The standard InChI is InChI=1S/C10H9NOS/c12-13-8-7-11-6-5-9-3-1-2-4-10(9)13/h1-7H,8H2. The number of benzene rings is 1. The zero-order valence-corrected chi connectivity index (χ0v) is 7.83. The summed E-state index contributed by atoms with van der Waals surface area (Å²) in [5.74, 6) is 0.501. The minimum absolute atomic E-state index is 0.501. The summed E-state index contributed by atoms with van der Waals surface area (Å²) in [7, 11) is -0.944. The van der Waals surface area contributed by atoms with Crippen molar-refractivity contribution in [3.05, 3.63) is 36.0 Å². The van der Waals surface area contributed by atoms with Crippen LogP contribution in [0.15, 0.2) is 40.4 Å². The Bertz CT molecular complexity index is 396. The van der Waals surface area contributed by atoms with Gasteiger partial charge in [0.05, 0.1) is 16.6 Å². The van der Waals surface area contributed by atoms with Crippen LogP contribution >= 0.6 is 0 Å². The quantitative estimate of drug-likeness (QED) is 0.615. The molecule has 2 nitrogen and oxygen atoms in total. The average Bonchev–Trinajstić information content (AvgIpc) is 2.14. The molecule has 13 heavy (non-hydrogen) atoms. The van der Waals surface area contributed by atoms with Gasteiger partial charge in [-0.05, 0) is 17.7 Å². The van der Waals surface area contributed by atoms with Crippen LogP contribution in [0.3, 0.4) is 0 Å². The molecular formula is C10H9NOS. The van der Waals surface area contributed by atoms with Gasteiger partial charge in [0.1, 0.15) is 0 Å². The van der Waals surface area contributed by atoms with Gasteiger partial charge in [-0.1, -0.05) is 18.2 Å². The largest absolute Gasteiger partial charge is 0.268 e. The van der Waals surface area contributed by atoms with E-state index in [1.54, 1.807) is 12.4 Å². The zero-order valence-electron chi connectivity index (χ0n) is 7.01. The lowest BCUT2D eigenvalue weighted by molar-refractivity contribution is 0.685. The van der Waals surface area contributed by atoms with Crippen molar-refractivity contribution < 1.29 is 4.21 Å². The second-order valence-corrected chi connectivity index (χ2v) is 4.16. The molecule has 1 aliphatic rings. The summed E-state index contributed by atoms with van der Waals surface area (Å²) in [6, 6.07) is 7.69. The molecule has 0 amide bonds. The van der Waals surface area contributed by atoms with E-state index >= 15 is 0 Å². The molecule has 1 unspecified atom stereocenters. The molecule has 0 radical (unpaired) electrons. The van der Waals surface area contributed by atoms with Gasteiger partial charge in [-0.2, -0.15) is 0 Å². The molecule has 1 atom stereocenters. The van der Waals surface area contributed by atoms with E-state index in [-0.39, 0.29) is 0 Å². The van der Waals surface area contributed by atoms with E-state index in [1.807, 2.05) is 30.3 Å². The van der Waals surface area contributed by atoms with Gasteiger partial charge in [0.2, 0.25) is 0 Å². The predicted molar refractivity (Wildman–Crippen MR) is 55.2 cm³/mol. The Kier molecular flexibility index (Phi) is 2.36. The first-order valence-corrected chi connectivity index (χ1v) is 5.35. The Labute approximate surface area is 79.5 Å². The Morgan fingerprint density at radius 3 is 3.08 bits per heavy atom. The fourth-order valence-electron chi connectivity index (χ4n) is 1.21. The molecule has 66 valence electrons. The van der Waals surface area contributed by atoms with Crippen LogP contribution < -0.4 is 0 Å². The summed E-state index contributed by atoms with van der Waals surface area (Å²) in [6.07, 6.45) is 5.29. The third kappa shape index (κ3) is 1.75. The highest BCUT2D eigenvalue weighted by molar-refractivity contribution is 7.85. The summed E-state index contributed by atoms with van der Waals surface area (Å²) in [6.45, 7) is 0. The maximum absolute atomic E-state index is 11.6. The van der Waals surface area contributed by atoms with Crippen molar-refractivity contribution in [1.82, 2.24) is 0 Å². The van der Waals surface area contributed by atoms with Crippen LogP contribution in [-0.4, -0.2) is 16.2 Å². The lowest BCUT2D eigenvalue weighted by Gasteiger charge is -2.04. The van der Waals surface area contributed by atoms with Crippen LogP contribution in [0.5, 0.6) is 0 Å². The van der Waals surface area contributed by atoms with Crippen LogP contribution in [0.4, 0.5) is 0 Å². The zero-order chi connectivity index (χ0) is 9.10. The highest BCUT2D eigenvalue weighted by Gasteiger charge is 2.06. The Hall–Kier alpha value is -1.22. The fourth-order valence-corrected chi connectivity index (χ4v) is 2.24. The number of hydrogen-bond acceptors (Lipinski definition) is 2. The van der Waals surface area contributed by atoms with Crippen molar-refractivity contribution in [2.75, 3.05) is 5.75 Å². The molecular weight excluding hydrogens is 182 g/mol. The molecule has 0 aromatic heterocycles. The van der Waals surface area contributed by atoms with E-state index in [4.69, 9.17) is 0 Å². The SMILES string of the molecule is O=S1CC=NC=Cc2ccccc21. The first-order valence-electron chi connectivity index (χ1n) is 4.03. The first kappa shape index (κ1) is 8.38. The van der Waals surface area contributed by atoms with E-state index in [0.717, 1.165) is 10.5 Å². The van der Waals surface area contributed by atoms with Gasteiger partial charge in [-0.15, -0.1) is 0 Å².